The van der Waals surface area contributed by atoms with Gasteiger partial charge in [-0.25, -0.2) is 0 Å². The predicted octanol–water partition coefficient (Wildman–Crippen LogP) is 3.47. The number of likely N-dealkylation sites (tertiary alicyclic amines) is 1. The Balaban J connectivity index is 1.66. The van der Waals surface area contributed by atoms with Crippen molar-refractivity contribution in [3.8, 4) is 11.5 Å². The van der Waals surface area contributed by atoms with E-state index in [1.807, 2.05) is 6.92 Å². The zero-order valence-electron chi connectivity index (χ0n) is 19.4. The second kappa shape index (κ2) is 6.06. The first kappa shape index (κ1) is 20.1. The third kappa shape index (κ3) is 2.01. The van der Waals surface area contributed by atoms with Crippen molar-refractivity contribution in [1.82, 2.24) is 4.90 Å². The third-order valence-corrected chi connectivity index (χ3v) is 9.78. The molecular weight excluding hydrogens is 390 g/mol. The van der Waals surface area contributed by atoms with Gasteiger partial charge in [0.2, 0.25) is 0 Å². The van der Waals surface area contributed by atoms with Gasteiger partial charge in [0, 0.05) is 30.0 Å². The van der Waals surface area contributed by atoms with E-state index in [2.05, 4.69) is 43.2 Å². The largest absolute Gasteiger partial charge is 0.493 e. The van der Waals surface area contributed by atoms with Gasteiger partial charge in [0.15, 0.2) is 11.5 Å². The lowest BCUT2D eigenvalue weighted by Crippen LogP contribution is -2.80. The van der Waals surface area contributed by atoms with Crippen molar-refractivity contribution in [1.29, 1.82) is 0 Å². The van der Waals surface area contributed by atoms with Crippen LogP contribution in [0.15, 0.2) is 24.3 Å². The number of methoxy groups -OCH3 is 2. The van der Waals surface area contributed by atoms with Crippen molar-refractivity contribution in [2.45, 2.75) is 74.7 Å². The summed E-state index contributed by atoms with van der Waals surface area (Å²) in [7, 11) is 5.80. The highest BCUT2D eigenvalue weighted by molar-refractivity contribution is 5.65. The van der Waals surface area contributed by atoms with Gasteiger partial charge in [0.1, 0.15) is 11.7 Å². The van der Waals surface area contributed by atoms with E-state index >= 15 is 0 Å². The van der Waals surface area contributed by atoms with E-state index in [1.165, 1.54) is 11.1 Å². The summed E-state index contributed by atoms with van der Waals surface area (Å²) in [5.41, 5.74) is 1.08. The SMILES string of the molecule is CCC[C@](C)(O)C1C[C@@]23C=C[C@]1(OC)[C@@H]1Oc4c(OC)ccc5c4[C@@]12CCN(C)[C@@H]3C5. The standard InChI is InChI=1S/C26H35NO4/c1-6-9-23(2,28)18-15-24-10-11-26(18,30-5)22-25(24)12-13-27(3)19(24)14-16-7-8-17(29-4)21(31-22)20(16)25/h7-8,10-11,18-19,22,28H,6,9,12-15H2,1-5H3/t18?,19-,22-,23+,24-,25+,26-/m1/s1. The normalized spacial score (nSPS) is 43.4. The number of piperidine rings is 1. The van der Waals surface area contributed by atoms with Gasteiger partial charge >= 0.3 is 0 Å². The number of likely N-dealkylation sites (N-methyl/N-ethyl adjacent to an activating group) is 1. The average Bonchev–Trinajstić information content (AvgIpc) is 3.13. The predicted molar refractivity (Wildman–Crippen MR) is 119 cm³/mol. The van der Waals surface area contributed by atoms with E-state index in [-0.39, 0.29) is 22.9 Å². The molecule has 1 aromatic carbocycles. The zero-order chi connectivity index (χ0) is 21.8. The second-order valence-electron chi connectivity index (χ2n) is 10.8. The first-order valence-electron chi connectivity index (χ1n) is 11.9. The Bertz CT molecular complexity index is 972. The summed E-state index contributed by atoms with van der Waals surface area (Å²) in [6, 6.07) is 4.71. The molecule has 7 atom stereocenters. The van der Waals surface area contributed by atoms with Crippen LogP contribution < -0.4 is 9.47 Å². The van der Waals surface area contributed by atoms with Crippen molar-refractivity contribution in [3.63, 3.8) is 0 Å². The molecule has 2 spiro atoms. The van der Waals surface area contributed by atoms with Crippen LogP contribution in [0.2, 0.25) is 0 Å². The molecule has 5 heteroatoms. The summed E-state index contributed by atoms with van der Waals surface area (Å²) in [4.78, 5) is 2.55. The number of hydrogen-bond donors (Lipinski definition) is 1. The molecule has 0 radical (unpaired) electrons. The Morgan fingerprint density at radius 2 is 2.10 bits per heavy atom. The van der Waals surface area contributed by atoms with Crippen LogP contribution in [0.1, 0.15) is 50.7 Å². The van der Waals surface area contributed by atoms with Crippen LogP contribution in [0.5, 0.6) is 11.5 Å². The molecule has 2 aliphatic heterocycles. The Kier molecular flexibility index (Phi) is 3.93. The van der Waals surface area contributed by atoms with E-state index in [9.17, 15) is 5.11 Å². The van der Waals surface area contributed by atoms with E-state index in [0.717, 1.165) is 50.1 Å². The fourth-order valence-electron chi connectivity index (χ4n) is 8.59. The van der Waals surface area contributed by atoms with Gasteiger partial charge in [-0.05, 0) is 57.8 Å². The molecular formula is C26H35NO4. The maximum Gasteiger partial charge on any atom is 0.166 e. The molecule has 1 unspecified atom stereocenters. The van der Waals surface area contributed by atoms with Crippen molar-refractivity contribution in [2.24, 2.45) is 11.3 Å². The van der Waals surface area contributed by atoms with Gasteiger partial charge in [-0.3, -0.25) is 0 Å². The highest BCUT2D eigenvalue weighted by Crippen LogP contribution is 2.75. The second-order valence-corrected chi connectivity index (χ2v) is 10.8. The smallest absolute Gasteiger partial charge is 0.166 e. The van der Waals surface area contributed by atoms with Crippen LogP contribution in [-0.4, -0.2) is 61.2 Å². The van der Waals surface area contributed by atoms with E-state index < -0.39 is 11.2 Å². The molecule has 1 N–H and O–H groups in total. The molecule has 1 saturated carbocycles. The van der Waals surface area contributed by atoms with Gasteiger partial charge < -0.3 is 24.2 Å². The highest BCUT2D eigenvalue weighted by atomic mass is 16.6. The molecule has 0 amide bonds. The molecule has 168 valence electrons. The quantitative estimate of drug-likeness (QED) is 0.732. The lowest BCUT2D eigenvalue weighted by molar-refractivity contribution is -0.247. The Morgan fingerprint density at radius 3 is 2.81 bits per heavy atom. The van der Waals surface area contributed by atoms with Crippen LogP contribution in [0.25, 0.3) is 0 Å². The number of hydrogen-bond acceptors (Lipinski definition) is 5. The monoisotopic (exact) mass is 425 g/mol. The minimum atomic E-state index is -0.820. The van der Waals surface area contributed by atoms with Gasteiger partial charge in [0.05, 0.1) is 18.1 Å². The third-order valence-electron chi connectivity index (χ3n) is 9.78. The van der Waals surface area contributed by atoms with Crippen molar-refractivity contribution >= 4 is 0 Å². The van der Waals surface area contributed by atoms with Gasteiger partial charge in [-0.2, -0.15) is 0 Å². The molecule has 7 rings (SSSR count). The van der Waals surface area contributed by atoms with Gasteiger partial charge in [-0.15, -0.1) is 0 Å². The first-order chi connectivity index (χ1) is 14.8. The molecule has 0 aromatic heterocycles. The summed E-state index contributed by atoms with van der Waals surface area (Å²) >= 11 is 0. The summed E-state index contributed by atoms with van der Waals surface area (Å²) in [5, 5.41) is 11.7. The molecule has 1 aromatic rings. The van der Waals surface area contributed by atoms with Crippen LogP contribution >= 0.6 is 0 Å². The topological polar surface area (TPSA) is 51.2 Å². The number of nitrogens with zero attached hydrogens (tertiary/aromatic N) is 1. The van der Waals surface area contributed by atoms with Crippen LogP contribution in [0.4, 0.5) is 0 Å². The van der Waals surface area contributed by atoms with E-state index in [0.29, 0.717) is 6.04 Å². The van der Waals surface area contributed by atoms with Crippen molar-refractivity contribution in [2.75, 3.05) is 27.8 Å². The van der Waals surface area contributed by atoms with Crippen LogP contribution in [0.3, 0.4) is 0 Å². The average molecular weight is 426 g/mol. The maximum atomic E-state index is 11.7. The minimum Gasteiger partial charge on any atom is -0.493 e. The fourth-order valence-corrected chi connectivity index (χ4v) is 8.59. The van der Waals surface area contributed by atoms with Gasteiger partial charge in [0.25, 0.3) is 0 Å². The fraction of sp³-hybridized carbons (Fsp3) is 0.692. The van der Waals surface area contributed by atoms with Crippen LogP contribution in [0, 0.1) is 11.3 Å². The number of ether oxygens (including phenoxy) is 3. The molecule has 1 saturated heterocycles. The lowest BCUT2D eigenvalue weighted by Gasteiger charge is -2.72. The zero-order valence-corrected chi connectivity index (χ0v) is 19.4. The summed E-state index contributed by atoms with van der Waals surface area (Å²) in [6.45, 7) is 5.20. The molecule has 5 nitrogen and oxygen atoms in total. The van der Waals surface area contributed by atoms with E-state index in [4.69, 9.17) is 14.2 Å². The molecule has 6 aliphatic rings. The highest BCUT2D eigenvalue weighted by Gasteiger charge is 2.80. The van der Waals surface area contributed by atoms with Crippen molar-refractivity contribution in [3.05, 3.63) is 35.4 Å². The Labute approximate surface area is 185 Å². The molecule has 4 aliphatic carbocycles. The maximum absolute atomic E-state index is 11.7. The summed E-state index contributed by atoms with van der Waals surface area (Å²) in [5.74, 6) is 1.71. The van der Waals surface area contributed by atoms with Crippen molar-refractivity contribution < 1.29 is 19.3 Å². The Hall–Kier alpha value is -1.56. The van der Waals surface area contributed by atoms with Gasteiger partial charge in [-0.1, -0.05) is 31.6 Å². The number of rotatable bonds is 5. The molecule has 31 heavy (non-hydrogen) atoms. The van der Waals surface area contributed by atoms with Crippen LogP contribution in [-0.2, 0) is 16.6 Å². The number of benzene rings is 1. The molecule has 2 fully saturated rings. The molecule has 2 heterocycles. The minimum absolute atomic E-state index is 0.0241. The van der Waals surface area contributed by atoms with E-state index in [1.54, 1.807) is 14.2 Å². The lowest BCUT2D eigenvalue weighted by atomic mass is 9.36. The Morgan fingerprint density at radius 1 is 1.29 bits per heavy atom. The number of aliphatic hydroxyl groups is 1. The summed E-state index contributed by atoms with van der Waals surface area (Å²) in [6.07, 6.45) is 9.25. The summed E-state index contributed by atoms with van der Waals surface area (Å²) < 4.78 is 19.1. The first-order valence-corrected chi connectivity index (χ1v) is 11.9. The molecule has 4 bridgehead atoms. The number of fused-ring (bicyclic) bond motifs is 1.